The summed E-state index contributed by atoms with van der Waals surface area (Å²) in [6.45, 7) is 8.50. The topological polar surface area (TPSA) is 12.0 Å². The van der Waals surface area contributed by atoms with Crippen LogP contribution in [0.2, 0.25) is 0 Å². The first-order chi connectivity index (χ1) is 9.47. The molecule has 0 unspecified atom stereocenters. The lowest BCUT2D eigenvalue weighted by Crippen LogP contribution is -2.14. The summed E-state index contributed by atoms with van der Waals surface area (Å²) in [5.41, 5.74) is 4.22. The van der Waals surface area contributed by atoms with Gasteiger partial charge in [0.25, 0.3) is 0 Å². The van der Waals surface area contributed by atoms with Gasteiger partial charge in [0.2, 0.25) is 0 Å². The number of rotatable bonds is 4. The molecule has 0 saturated carbocycles. The fraction of sp³-hybridized carbons (Fsp3) is 0.333. The van der Waals surface area contributed by atoms with Gasteiger partial charge < -0.3 is 5.32 Å². The van der Waals surface area contributed by atoms with E-state index in [4.69, 9.17) is 0 Å². The van der Waals surface area contributed by atoms with Crippen LogP contribution in [0.4, 0.5) is 0 Å². The number of halogens is 1. The van der Waals surface area contributed by atoms with Gasteiger partial charge in [-0.2, -0.15) is 0 Å². The van der Waals surface area contributed by atoms with Crippen molar-refractivity contribution in [2.75, 3.05) is 0 Å². The van der Waals surface area contributed by atoms with Crippen LogP contribution in [0.5, 0.6) is 0 Å². The van der Waals surface area contributed by atoms with Crippen molar-refractivity contribution in [2.24, 2.45) is 0 Å². The average molecular weight is 332 g/mol. The molecule has 0 aliphatic heterocycles. The number of hydrogen-bond donors (Lipinski definition) is 1. The highest BCUT2D eigenvalue weighted by atomic mass is 79.9. The summed E-state index contributed by atoms with van der Waals surface area (Å²) in [7, 11) is 0. The zero-order valence-electron chi connectivity index (χ0n) is 12.4. The van der Waals surface area contributed by atoms with E-state index in [9.17, 15) is 0 Å². The zero-order valence-corrected chi connectivity index (χ0v) is 14.0. The Labute approximate surface area is 130 Å². The van der Waals surface area contributed by atoms with Gasteiger partial charge in [-0.3, -0.25) is 0 Å². The van der Waals surface area contributed by atoms with Crippen LogP contribution < -0.4 is 5.32 Å². The lowest BCUT2D eigenvalue weighted by molar-refractivity contribution is 0.589. The highest BCUT2D eigenvalue weighted by Gasteiger charge is 2.12. The van der Waals surface area contributed by atoms with Crippen molar-refractivity contribution in [1.29, 1.82) is 0 Å². The molecule has 1 nitrogen and oxygen atoms in total. The van der Waals surface area contributed by atoms with E-state index in [2.05, 4.69) is 84.5 Å². The molecule has 2 aromatic carbocycles. The molecule has 2 aromatic rings. The van der Waals surface area contributed by atoms with Crippen molar-refractivity contribution in [3.05, 3.63) is 69.7 Å². The summed E-state index contributed by atoms with van der Waals surface area (Å²) in [4.78, 5) is 0. The Bertz CT molecular complexity index is 552. The summed E-state index contributed by atoms with van der Waals surface area (Å²) in [6, 6.07) is 17.2. The maximum atomic E-state index is 3.57. The highest BCUT2D eigenvalue weighted by Crippen LogP contribution is 2.22. The predicted octanol–water partition coefficient (Wildman–Crippen LogP) is 5.04. The summed E-state index contributed by atoms with van der Waals surface area (Å²) >= 11 is 3.57. The maximum Gasteiger partial charge on any atom is 0.0220 e. The summed E-state index contributed by atoms with van der Waals surface area (Å²) in [5.74, 6) is 0. The lowest BCUT2D eigenvalue weighted by Gasteiger charge is -2.19. The summed E-state index contributed by atoms with van der Waals surface area (Å²) in [5, 5.41) is 3.49. The minimum atomic E-state index is 0.223. The van der Waals surface area contributed by atoms with Gasteiger partial charge in [0.05, 0.1) is 0 Å². The molecule has 0 bridgehead atoms. The Morgan fingerprint density at radius 1 is 0.900 bits per heavy atom. The van der Waals surface area contributed by atoms with Gasteiger partial charge in [-0.25, -0.2) is 0 Å². The minimum absolute atomic E-state index is 0.223. The second-order valence-electron chi connectivity index (χ2n) is 6.14. The van der Waals surface area contributed by atoms with Crippen LogP contribution in [0.1, 0.15) is 37.5 Å². The van der Waals surface area contributed by atoms with Crippen LogP contribution in [0.25, 0.3) is 0 Å². The molecule has 0 fully saturated rings. The van der Waals surface area contributed by atoms with Gasteiger partial charge >= 0.3 is 0 Å². The monoisotopic (exact) mass is 331 g/mol. The molecule has 106 valence electrons. The van der Waals surface area contributed by atoms with Gasteiger partial charge in [-0.15, -0.1) is 0 Å². The van der Waals surface area contributed by atoms with Gasteiger partial charge in [0.15, 0.2) is 0 Å². The van der Waals surface area contributed by atoms with Crippen molar-refractivity contribution in [3.63, 3.8) is 0 Å². The molecule has 2 heteroatoms. The molecule has 20 heavy (non-hydrogen) atoms. The largest absolute Gasteiger partial charge is 0.309 e. The van der Waals surface area contributed by atoms with E-state index < -0.39 is 0 Å². The van der Waals surface area contributed by atoms with E-state index in [0.717, 1.165) is 17.6 Å². The second-order valence-corrected chi connectivity index (χ2v) is 7.00. The zero-order chi connectivity index (χ0) is 14.6. The summed E-state index contributed by atoms with van der Waals surface area (Å²) < 4.78 is 1.16. The fourth-order valence-electron chi connectivity index (χ4n) is 2.11. The minimum Gasteiger partial charge on any atom is -0.309 e. The van der Waals surface area contributed by atoms with E-state index in [1.54, 1.807) is 0 Å². The van der Waals surface area contributed by atoms with Crippen LogP contribution in [-0.2, 0) is 18.5 Å². The van der Waals surface area contributed by atoms with Gasteiger partial charge in [0, 0.05) is 17.6 Å². The number of benzene rings is 2. The van der Waals surface area contributed by atoms with E-state index >= 15 is 0 Å². The van der Waals surface area contributed by atoms with Crippen LogP contribution in [-0.4, -0.2) is 0 Å². The molecule has 0 amide bonds. The standard InChI is InChI=1S/C18H22BrN/c1-18(2,3)16-10-8-14(9-11-16)12-20-13-15-6-4-5-7-17(15)19/h4-11,20H,12-13H2,1-3H3. The van der Waals surface area contributed by atoms with E-state index in [1.165, 1.54) is 16.7 Å². The third-order valence-corrected chi connectivity index (χ3v) is 4.20. The molecule has 0 radical (unpaired) electrons. The van der Waals surface area contributed by atoms with Crippen molar-refractivity contribution in [1.82, 2.24) is 5.32 Å². The SMILES string of the molecule is CC(C)(C)c1ccc(CNCc2ccccc2Br)cc1. The summed E-state index contributed by atoms with van der Waals surface area (Å²) in [6.07, 6.45) is 0. The van der Waals surface area contributed by atoms with E-state index in [0.29, 0.717) is 0 Å². The average Bonchev–Trinajstić information content (AvgIpc) is 2.40. The molecule has 2 rings (SSSR count). The third kappa shape index (κ3) is 4.19. The van der Waals surface area contributed by atoms with Crippen molar-refractivity contribution in [2.45, 2.75) is 39.3 Å². The molecular formula is C18H22BrN. The highest BCUT2D eigenvalue weighted by molar-refractivity contribution is 9.10. The quantitative estimate of drug-likeness (QED) is 0.827. The Morgan fingerprint density at radius 2 is 1.55 bits per heavy atom. The molecule has 0 saturated heterocycles. The molecule has 0 heterocycles. The van der Waals surface area contributed by atoms with Crippen LogP contribution in [0, 0.1) is 0 Å². The number of hydrogen-bond acceptors (Lipinski definition) is 1. The Morgan fingerprint density at radius 3 is 2.15 bits per heavy atom. The molecule has 0 spiro atoms. The van der Waals surface area contributed by atoms with E-state index in [1.807, 2.05) is 6.07 Å². The number of nitrogens with one attached hydrogen (secondary N) is 1. The molecule has 0 aromatic heterocycles. The Balaban J connectivity index is 1.90. The third-order valence-electron chi connectivity index (χ3n) is 3.42. The molecule has 0 atom stereocenters. The Kier molecular flexibility index (Phi) is 5.00. The molecule has 1 N–H and O–H groups in total. The van der Waals surface area contributed by atoms with Crippen molar-refractivity contribution in [3.8, 4) is 0 Å². The maximum absolute atomic E-state index is 3.57. The van der Waals surface area contributed by atoms with Crippen LogP contribution in [0.3, 0.4) is 0 Å². The Hall–Kier alpha value is -1.12. The van der Waals surface area contributed by atoms with Gasteiger partial charge in [-0.05, 0) is 28.2 Å². The lowest BCUT2D eigenvalue weighted by atomic mass is 9.87. The van der Waals surface area contributed by atoms with Gasteiger partial charge in [0.1, 0.15) is 0 Å². The normalized spacial score (nSPS) is 11.6. The van der Waals surface area contributed by atoms with Gasteiger partial charge in [-0.1, -0.05) is 79.2 Å². The first-order valence-corrected chi connectivity index (χ1v) is 7.79. The second kappa shape index (κ2) is 6.55. The molecular weight excluding hydrogens is 310 g/mol. The fourth-order valence-corrected chi connectivity index (χ4v) is 2.53. The predicted molar refractivity (Wildman–Crippen MR) is 89.8 cm³/mol. The van der Waals surface area contributed by atoms with Crippen LogP contribution >= 0.6 is 15.9 Å². The van der Waals surface area contributed by atoms with Crippen LogP contribution in [0.15, 0.2) is 53.0 Å². The molecule has 0 aliphatic carbocycles. The van der Waals surface area contributed by atoms with E-state index in [-0.39, 0.29) is 5.41 Å². The van der Waals surface area contributed by atoms with Crippen molar-refractivity contribution >= 4 is 15.9 Å². The van der Waals surface area contributed by atoms with Crippen molar-refractivity contribution < 1.29 is 0 Å². The first kappa shape index (κ1) is 15.3. The molecule has 0 aliphatic rings. The smallest absolute Gasteiger partial charge is 0.0220 e. The first-order valence-electron chi connectivity index (χ1n) is 7.00.